The topological polar surface area (TPSA) is 26.9 Å². The zero-order valence-corrected chi connectivity index (χ0v) is 10.3. The third-order valence-electron chi connectivity index (χ3n) is 2.48. The van der Waals surface area contributed by atoms with E-state index in [0.717, 1.165) is 17.5 Å². The van der Waals surface area contributed by atoms with Crippen LogP contribution in [0.1, 0.15) is 12.5 Å². The Balaban J connectivity index is 3.02. The van der Waals surface area contributed by atoms with Crippen LogP contribution in [0.25, 0.3) is 11.0 Å². The van der Waals surface area contributed by atoms with Gasteiger partial charge in [-0.3, -0.25) is 4.57 Å². The van der Waals surface area contributed by atoms with Gasteiger partial charge in [0.1, 0.15) is 0 Å². The number of benzene rings is 1. The molecule has 1 aromatic carbocycles. The lowest BCUT2D eigenvalue weighted by atomic mass is 10.1. The van der Waals surface area contributed by atoms with Gasteiger partial charge >= 0.3 is 5.69 Å². The van der Waals surface area contributed by atoms with Crippen LogP contribution < -0.4 is 5.69 Å². The molecule has 74 valence electrons. The summed E-state index contributed by atoms with van der Waals surface area (Å²) in [6.07, 6.45) is 0.950. The minimum absolute atomic E-state index is 0.0292. The van der Waals surface area contributed by atoms with Crippen molar-refractivity contribution < 1.29 is 0 Å². The van der Waals surface area contributed by atoms with Crippen LogP contribution >= 0.6 is 22.9 Å². The third kappa shape index (κ3) is 1.20. The molecule has 1 aromatic heterocycles. The first-order valence-corrected chi connectivity index (χ1v) is 5.48. The molecule has 0 aliphatic carbocycles. The number of nitrogens with zero attached hydrogens (tertiary/aromatic N) is 2. The van der Waals surface area contributed by atoms with Crippen LogP contribution in [0.15, 0.2) is 23.0 Å². The zero-order valence-electron chi connectivity index (χ0n) is 8.12. The predicted octanol–water partition coefficient (Wildman–Crippen LogP) is 2.10. The van der Waals surface area contributed by atoms with Gasteiger partial charge in [-0.25, -0.2) is 7.58 Å². The van der Waals surface area contributed by atoms with Crippen molar-refractivity contribution in [1.82, 2.24) is 7.35 Å². The molecule has 0 bridgehead atoms. The Morgan fingerprint density at radius 3 is 2.79 bits per heavy atom. The molecule has 1 heterocycles. The SMILES string of the molecule is CCc1cccc2c1n(C)c(=O)n2I. The van der Waals surface area contributed by atoms with E-state index in [1.165, 1.54) is 5.56 Å². The molecule has 0 unspecified atom stereocenters. The quantitative estimate of drug-likeness (QED) is 0.741. The molecule has 0 fully saturated rings. The summed E-state index contributed by atoms with van der Waals surface area (Å²) < 4.78 is 3.37. The van der Waals surface area contributed by atoms with Gasteiger partial charge in [-0.2, -0.15) is 0 Å². The minimum Gasteiger partial charge on any atom is -0.294 e. The van der Waals surface area contributed by atoms with Crippen molar-refractivity contribution >= 4 is 33.9 Å². The Morgan fingerprint density at radius 2 is 2.14 bits per heavy atom. The summed E-state index contributed by atoms with van der Waals surface area (Å²) in [5, 5.41) is 0. The smallest absolute Gasteiger partial charge is 0.294 e. The number of halogens is 1. The second-order valence-electron chi connectivity index (χ2n) is 3.26. The molecule has 14 heavy (non-hydrogen) atoms. The van der Waals surface area contributed by atoms with Gasteiger partial charge in [-0.15, -0.1) is 0 Å². The highest BCUT2D eigenvalue weighted by molar-refractivity contribution is 14.1. The summed E-state index contributed by atoms with van der Waals surface area (Å²) >= 11 is 2.04. The third-order valence-corrected chi connectivity index (χ3v) is 3.41. The lowest BCUT2D eigenvalue weighted by molar-refractivity contribution is 0.880. The molecule has 0 saturated heterocycles. The fraction of sp³-hybridized carbons (Fsp3) is 0.300. The molecule has 0 aliphatic heterocycles. The highest BCUT2D eigenvalue weighted by Gasteiger charge is 2.10. The van der Waals surface area contributed by atoms with E-state index in [1.54, 1.807) is 7.35 Å². The largest absolute Gasteiger partial charge is 0.337 e. The Hall–Kier alpha value is -0.780. The fourth-order valence-corrected chi connectivity index (χ4v) is 2.45. The van der Waals surface area contributed by atoms with Crippen molar-refractivity contribution in [2.75, 3.05) is 0 Å². The van der Waals surface area contributed by atoms with Crippen molar-refractivity contribution in [3.63, 3.8) is 0 Å². The van der Waals surface area contributed by atoms with E-state index in [9.17, 15) is 4.79 Å². The number of rotatable bonds is 1. The number of hydrogen-bond acceptors (Lipinski definition) is 1. The van der Waals surface area contributed by atoms with Crippen LogP contribution in [0.5, 0.6) is 0 Å². The average molecular weight is 302 g/mol. The average Bonchev–Trinajstić information content (AvgIpc) is 2.44. The molecule has 0 atom stereocenters. The highest BCUT2D eigenvalue weighted by Crippen LogP contribution is 2.19. The van der Waals surface area contributed by atoms with E-state index in [2.05, 4.69) is 13.0 Å². The van der Waals surface area contributed by atoms with Gasteiger partial charge in [0.05, 0.1) is 33.9 Å². The van der Waals surface area contributed by atoms with E-state index in [1.807, 2.05) is 42.0 Å². The molecule has 0 spiro atoms. The van der Waals surface area contributed by atoms with Crippen LogP contribution in [-0.4, -0.2) is 7.35 Å². The standard InChI is InChI=1S/C10H11IN2O/c1-3-7-5-4-6-8-9(7)12(2)10(14)13(8)11/h4-6H,3H2,1-2H3. The molecule has 2 aromatic rings. The molecule has 0 aliphatic rings. The normalized spacial score (nSPS) is 11.1. The van der Waals surface area contributed by atoms with Crippen molar-refractivity contribution in [2.45, 2.75) is 13.3 Å². The lowest BCUT2D eigenvalue weighted by Gasteiger charge is -2.00. The van der Waals surface area contributed by atoms with Gasteiger partial charge in [0, 0.05) is 7.05 Å². The van der Waals surface area contributed by atoms with E-state index in [0.29, 0.717) is 0 Å². The fourth-order valence-electron chi connectivity index (χ4n) is 1.74. The molecule has 2 rings (SSSR count). The maximum atomic E-state index is 11.7. The maximum Gasteiger partial charge on any atom is 0.337 e. The van der Waals surface area contributed by atoms with E-state index in [4.69, 9.17) is 0 Å². The molecule has 0 saturated carbocycles. The summed E-state index contributed by atoms with van der Waals surface area (Å²) in [4.78, 5) is 11.7. The van der Waals surface area contributed by atoms with E-state index < -0.39 is 0 Å². The number of imidazole rings is 1. The van der Waals surface area contributed by atoms with E-state index in [-0.39, 0.29) is 5.69 Å². The number of fused-ring (bicyclic) bond motifs is 1. The molecule has 3 nitrogen and oxygen atoms in total. The van der Waals surface area contributed by atoms with Crippen molar-refractivity contribution in [1.29, 1.82) is 0 Å². The van der Waals surface area contributed by atoms with Gasteiger partial charge in [-0.1, -0.05) is 19.1 Å². The monoisotopic (exact) mass is 302 g/mol. The molecule has 4 heteroatoms. The number of aryl methyl sites for hydroxylation is 2. The molecule has 0 N–H and O–H groups in total. The first kappa shape index (κ1) is 9.76. The van der Waals surface area contributed by atoms with Gasteiger partial charge < -0.3 is 0 Å². The second kappa shape index (κ2) is 3.42. The first-order chi connectivity index (χ1) is 6.66. The van der Waals surface area contributed by atoms with Crippen LogP contribution in [0.4, 0.5) is 0 Å². The lowest BCUT2D eigenvalue weighted by Crippen LogP contribution is -2.16. The van der Waals surface area contributed by atoms with Crippen LogP contribution in [0.2, 0.25) is 0 Å². The Labute approximate surface area is 95.8 Å². The molecule has 0 radical (unpaired) electrons. The predicted molar refractivity (Wildman–Crippen MR) is 66.0 cm³/mol. The summed E-state index contributed by atoms with van der Waals surface area (Å²) in [5.41, 5.74) is 3.30. The van der Waals surface area contributed by atoms with Gasteiger partial charge in [0.25, 0.3) is 0 Å². The highest BCUT2D eigenvalue weighted by atomic mass is 127. The summed E-state index contributed by atoms with van der Waals surface area (Å²) in [5.74, 6) is 0. The van der Waals surface area contributed by atoms with Gasteiger partial charge in [0.15, 0.2) is 0 Å². The van der Waals surface area contributed by atoms with Crippen molar-refractivity contribution in [2.24, 2.45) is 7.05 Å². The molecular weight excluding hydrogens is 291 g/mol. The number of aromatic nitrogens is 2. The minimum atomic E-state index is 0.0292. The first-order valence-electron chi connectivity index (χ1n) is 4.52. The van der Waals surface area contributed by atoms with Crippen molar-refractivity contribution in [3.05, 3.63) is 34.2 Å². The maximum absolute atomic E-state index is 11.7. The number of para-hydroxylation sites is 1. The van der Waals surface area contributed by atoms with Gasteiger partial charge in [-0.05, 0) is 18.1 Å². The van der Waals surface area contributed by atoms with Gasteiger partial charge in [0.2, 0.25) is 0 Å². The molecular formula is C10H11IN2O. The molecule has 0 amide bonds. The summed E-state index contributed by atoms with van der Waals surface area (Å²) in [7, 11) is 1.82. The summed E-state index contributed by atoms with van der Waals surface area (Å²) in [6.45, 7) is 2.10. The second-order valence-corrected chi connectivity index (χ2v) is 4.23. The Kier molecular flexibility index (Phi) is 2.38. The Bertz CT molecular complexity index is 539. The Morgan fingerprint density at radius 1 is 1.43 bits per heavy atom. The van der Waals surface area contributed by atoms with E-state index >= 15 is 0 Å². The number of hydrogen-bond donors (Lipinski definition) is 0. The van der Waals surface area contributed by atoms with Crippen LogP contribution in [-0.2, 0) is 13.5 Å². The zero-order chi connectivity index (χ0) is 10.3. The van der Waals surface area contributed by atoms with Crippen LogP contribution in [0.3, 0.4) is 0 Å². The summed E-state index contributed by atoms with van der Waals surface area (Å²) in [6, 6.07) is 6.04. The van der Waals surface area contributed by atoms with Crippen LogP contribution in [0, 0.1) is 0 Å². The van der Waals surface area contributed by atoms with Crippen molar-refractivity contribution in [3.8, 4) is 0 Å².